The number of nitrogens with one attached hydrogen (secondary N) is 1. The molecule has 102 valence electrons. The van der Waals surface area contributed by atoms with E-state index in [0.29, 0.717) is 18.9 Å². The summed E-state index contributed by atoms with van der Waals surface area (Å²) < 4.78 is 37.5. The summed E-state index contributed by atoms with van der Waals surface area (Å²) in [6.45, 7) is 0. The molecule has 2 atom stereocenters. The lowest BCUT2D eigenvalue weighted by molar-refractivity contribution is -0.297. The molecule has 0 spiro atoms. The molecule has 0 saturated heterocycles. The third-order valence-corrected chi connectivity index (χ3v) is 2.85. The molecule has 0 bridgehead atoms. The second-order valence-corrected chi connectivity index (χ2v) is 4.26. The zero-order valence-corrected chi connectivity index (χ0v) is 9.50. The molecule has 0 aromatic heterocycles. The maximum atomic E-state index is 12.5. The van der Waals surface area contributed by atoms with Crippen LogP contribution >= 0.6 is 0 Å². The maximum absolute atomic E-state index is 12.5. The monoisotopic (exact) mass is 264 g/mol. The maximum Gasteiger partial charge on any atom is 0.391 e. The first kappa shape index (κ1) is 14.5. The fourth-order valence-corrected chi connectivity index (χ4v) is 2.01. The number of hydrogen-bond donors (Lipinski definition) is 1. The van der Waals surface area contributed by atoms with Gasteiger partial charge in [0.2, 0.25) is 5.91 Å². The van der Waals surface area contributed by atoms with E-state index < -0.39 is 30.0 Å². The van der Waals surface area contributed by atoms with Gasteiger partial charge >= 0.3 is 6.18 Å². The molecule has 1 aliphatic carbocycles. The largest absolute Gasteiger partial charge is 0.545 e. The quantitative estimate of drug-likeness (QED) is 0.756. The number of carbonyl (C=O) groups is 2. The second-order valence-electron chi connectivity index (χ2n) is 4.26. The predicted molar refractivity (Wildman–Crippen MR) is 54.1 cm³/mol. The van der Waals surface area contributed by atoms with Crippen LogP contribution in [-0.2, 0) is 9.59 Å². The van der Waals surface area contributed by atoms with E-state index in [1.54, 1.807) is 0 Å². The summed E-state index contributed by atoms with van der Waals surface area (Å²) in [5.74, 6) is -3.64. The fraction of sp³-hybridized carbons (Fsp3) is 0.636. The number of amides is 1. The molecule has 0 aliphatic heterocycles. The molecule has 1 amide bonds. The Labute approximate surface area is 102 Å². The van der Waals surface area contributed by atoms with Gasteiger partial charge in [0, 0.05) is 12.1 Å². The molecule has 7 heteroatoms. The van der Waals surface area contributed by atoms with E-state index in [4.69, 9.17) is 0 Å². The highest BCUT2D eigenvalue weighted by atomic mass is 19.4. The van der Waals surface area contributed by atoms with Crippen LogP contribution in [0.5, 0.6) is 0 Å². The van der Waals surface area contributed by atoms with Crippen molar-refractivity contribution >= 4 is 11.9 Å². The van der Waals surface area contributed by atoms with Gasteiger partial charge in [-0.25, -0.2) is 0 Å². The number of alkyl halides is 3. The Morgan fingerprint density at radius 2 is 1.89 bits per heavy atom. The zero-order valence-electron chi connectivity index (χ0n) is 9.50. The SMILES string of the molecule is O=C([O-])/C=C/C(=O)N[C@@H]1CCC[C@@H](C(F)(F)F)C1. The second kappa shape index (κ2) is 5.88. The number of carboxylic acid groups (broad SMARTS) is 1. The standard InChI is InChI=1S/C11H14F3NO3/c12-11(13,14)7-2-1-3-8(6-7)15-9(16)4-5-10(17)18/h4-5,7-8H,1-3,6H2,(H,15,16)(H,17,18)/p-1/b5-4+/t7-,8-/m1/s1. The molecule has 18 heavy (non-hydrogen) atoms. The Kier molecular flexibility index (Phi) is 4.75. The molecule has 1 saturated carbocycles. The minimum absolute atomic E-state index is 0.0742. The molecule has 0 radical (unpaired) electrons. The van der Waals surface area contributed by atoms with Crippen LogP contribution in [0.2, 0.25) is 0 Å². The third kappa shape index (κ3) is 4.77. The van der Waals surface area contributed by atoms with E-state index >= 15 is 0 Å². The molecule has 0 aromatic rings. The summed E-state index contributed by atoms with van der Waals surface area (Å²) in [4.78, 5) is 21.3. The summed E-state index contributed by atoms with van der Waals surface area (Å²) in [7, 11) is 0. The Morgan fingerprint density at radius 1 is 1.22 bits per heavy atom. The first-order valence-electron chi connectivity index (χ1n) is 5.55. The predicted octanol–water partition coefficient (Wildman–Crippen LogP) is 0.530. The van der Waals surface area contributed by atoms with Gasteiger partial charge in [0.1, 0.15) is 0 Å². The van der Waals surface area contributed by atoms with Crippen molar-refractivity contribution < 1.29 is 27.9 Å². The van der Waals surface area contributed by atoms with Gasteiger partial charge in [-0.05, 0) is 25.3 Å². The van der Waals surface area contributed by atoms with Crippen LogP contribution in [0.25, 0.3) is 0 Å². The Hall–Kier alpha value is -1.53. The third-order valence-electron chi connectivity index (χ3n) is 2.85. The fourth-order valence-electron chi connectivity index (χ4n) is 2.01. The zero-order chi connectivity index (χ0) is 13.8. The van der Waals surface area contributed by atoms with Gasteiger partial charge in [-0.15, -0.1) is 0 Å². The van der Waals surface area contributed by atoms with E-state index in [1.165, 1.54) is 0 Å². The van der Waals surface area contributed by atoms with Gasteiger partial charge in [0.05, 0.1) is 11.9 Å². The highest BCUT2D eigenvalue weighted by molar-refractivity contribution is 5.93. The highest BCUT2D eigenvalue weighted by Gasteiger charge is 2.42. The van der Waals surface area contributed by atoms with Crippen LogP contribution < -0.4 is 10.4 Å². The number of hydrogen-bond acceptors (Lipinski definition) is 3. The van der Waals surface area contributed by atoms with E-state index in [0.717, 1.165) is 6.08 Å². The summed E-state index contributed by atoms with van der Waals surface area (Å²) in [6.07, 6.45) is -2.19. The smallest absolute Gasteiger partial charge is 0.391 e. The first-order chi connectivity index (χ1) is 8.29. The summed E-state index contributed by atoms with van der Waals surface area (Å²) in [5, 5.41) is 12.4. The van der Waals surface area contributed by atoms with Crippen molar-refractivity contribution in [3.05, 3.63) is 12.2 Å². The first-order valence-corrected chi connectivity index (χ1v) is 5.55. The van der Waals surface area contributed by atoms with Crippen LogP contribution in [0.15, 0.2) is 12.2 Å². The number of carbonyl (C=O) groups excluding carboxylic acids is 2. The van der Waals surface area contributed by atoms with Gasteiger partial charge < -0.3 is 15.2 Å². The summed E-state index contributed by atoms with van der Waals surface area (Å²) >= 11 is 0. The Bertz CT molecular complexity index is 352. The van der Waals surface area contributed by atoms with E-state index in [2.05, 4.69) is 5.32 Å². The summed E-state index contributed by atoms with van der Waals surface area (Å²) in [6, 6.07) is -0.565. The molecule has 0 unspecified atom stereocenters. The molecule has 1 rings (SSSR count). The van der Waals surface area contributed by atoms with E-state index in [-0.39, 0.29) is 12.8 Å². The molecule has 1 aliphatic rings. The Morgan fingerprint density at radius 3 is 2.44 bits per heavy atom. The molecule has 1 N–H and O–H groups in total. The number of halogens is 3. The van der Waals surface area contributed by atoms with Crippen LogP contribution in [0, 0.1) is 5.92 Å². The van der Waals surface area contributed by atoms with Crippen molar-refractivity contribution in [3.8, 4) is 0 Å². The van der Waals surface area contributed by atoms with Gasteiger partial charge in [0.25, 0.3) is 0 Å². The van der Waals surface area contributed by atoms with Gasteiger partial charge in [0.15, 0.2) is 0 Å². The lowest BCUT2D eigenvalue weighted by atomic mass is 9.85. The Balaban J connectivity index is 2.48. The van der Waals surface area contributed by atoms with Crippen molar-refractivity contribution in [3.63, 3.8) is 0 Å². The van der Waals surface area contributed by atoms with Crippen molar-refractivity contribution in [1.82, 2.24) is 5.32 Å². The minimum Gasteiger partial charge on any atom is -0.545 e. The van der Waals surface area contributed by atoms with Crippen molar-refractivity contribution in [1.29, 1.82) is 0 Å². The van der Waals surface area contributed by atoms with Crippen LogP contribution in [0.1, 0.15) is 25.7 Å². The molecule has 4 nitrogen and oxygen atoms in total. The number of rotatable bonds is 3. The van der Waals surface area contributed by atoms with Crippen LogP contribution in [0.3, 0.4) is 0 Å². The van der Waals surface area contributed by atoms with Crippen LogP contribution in [0.4, 0.5) is 13.2 Å². The van der Waals surface area contributed by atoms with Crippen molar-refractivity contribution in [2.45, 2.75) is 37.9 Å². The van der Waals surface area contributed by atoms with Gasteiger partial charge in [-0.1, -0.05) is 6.42 Å². The summed E-state index contributed by atoms with van der Waals surface area (Å²) in [5.41, 5.74) is 0. The highest BCUT2D eigenvalue weighted by Crippen LogP contribution is 2.37. The van der Waals surface area contributed by atoms with Crippen molar-refractivity contribution in [2.24, 2.45) is 5.92 Å². The van der Waals surface area contributed by atoms with E-state index in [1.807, 2.05) is 0 Å². The van der Waals surface area contributed by atoms with E-state index in [9.17, 15) is 27.9 Å². The molecule has 0 aromatic carbocycles. The average Bonchev–Trinajstić information content (AvgIpc) is 2.25. The number of aliphatic carboxylic acids is 1. The average molecular weight is 264 g/mol. The topological polar surface area (TPSA) is 69.2 Å². The normalized spacial score (nSPS) is 25.1. The van der Waals surface area contributed by atoms with Gasteiger partial charge in [-0.3, -0.25) is 4.79 Å². The molecular weight excluding hydrogens is 251 g/mol. The van der Waals surface area contributed by atoms with Gasteiger partial charge in [-0.2, -0.15) is 13.2 Å². The molecule has 0 heterocycles. The molecule has 1 fully saturated rings. The van der Waals surface area contributed by atoms with Crippen molar-refractivity contribution in [2.75, 3.05) is 0 Å². The lowest BCUT2D eigenvalue weighted by Crippen LogP contribution is -2.41. The van der Waals surface area contributed by atoms with Crippen LogP contribution in [-0.4, -0.2) is 24.1 Å². The lowest BCUT2D eigenvalue weighted by Gasteiger charge is -2.30. The molecular formula is C11H13F3NO3-. The minimum atomic E-state index is -4.25. The number of carboxylic acids is 1.